The van der Waals surface area contributed by atoms with Crippen LogP contribution in [-0.2, 0) is 4.57 Å². The third-order valence-corrected chi connectivity index (χ3v) is 9.55. The molecule has 0 bridgehead atoms. The lowest BCUT2D eigenvalue weighted by Crippen LogP contribution is -2.43. The molecule has 1 unspecified atom stereocenters. The van der Waals surface area contributed by atoms with E-state index < -0.39 is 47.3 Å². The van der Waals surface area contributed by atoms with E-state index in [0.717, 1.165) is 6.92 Å². The second-order valence-electron chi connectivity index (χ2n) is 8.57. The number of hydrogen-bond donors (Lipinski definition) is 2. The maximum Gasteiger partial charge on any atom is 0.339 e. The maximum absolute atomic E-state index is 15.7. The normalized spacial score (nSPS) is 16.4. The largest absolute Gasteiger partial charge is 0.478 e. The van der Waals surface area contributed by atoms with E-state index in [1.54, 1.807) is 48.5 Å². The summed E-state index contributed by atoms with van der Waals surface area (Å²) in [4.78, 5) is 12.1. The maximum atomic E-state index is 15.7. The van der Waals surface area contributed by atoms with Crippen molar-refractivity contribution in [3.05, 3.63) is 117 Å². The van der Waals surface area contributed by atoms with Gasteiger partial charge in [-0.1, -0.05) is 55.1 Å². The number of carboxylic acids is 1. The van der Waals surface area contributed by atoms with E-state index in [1.165, 1.54) is 18.2 Å². The van der Waals surface area contributed by atoms with Gasteiger partial charge in [0.1, 0.15) is 11.4 Å². The molecule has 1 aliphatic rings. The minimum Gasteiger partial charge on any atom is -0.478 e. The summed E-state index contributed by atoms with van der Waals surface area (Å²) in [5, 5.41) is 11.5. The number of rotatable bonds is 3. The summed E-state index contributed by atoms with van der Waals surface area (Å²) >= 11 is 0. The highest BCUT2D eigenvalue weighted by atomic mass is 31.2. The molecule has 0 aromatic heterocycles. The van der Waals surface area contributed by atoms with Crippen molar-refractivity contribution in [1.29, 1.82) is 0 Å². The summed E-state index contributed by atoms with van der Waals surface area (Å²) in [6, 6.07) is 17.8. The Balaban J connectivity index is 2.10. The number of benzene rings is 4. The zero-order valence-electron chi connectivity index (χ0n) is 19.0. The second kappa shape index (κ2) is 8.25. The quantitative estimate of drug-likeness (QED) is 0.224. The van der Waals surface area contributed by atoms with E-state index in [0.29, 0.717) is 10.5 Å². The molecule has 0 fully saturated rings. The van der Waals surface area contributed by atoms with Crippen LogP contribution in [0.15, 0.2) is 66.7 Å². The average Bonchev–Trinajstić information content (AvgIpc) is 2.86. The van der Waals surface area contributed by atoms with Crippen LogP contribution in [0.2, 0.25) is 0 Å². The van der Waals surface area contributed by atoms with Crippen LogP contribution < -0.4 is 32.1 Å². The van der Waals surface area contributed by atoms with Gasteiger partial charge < -0.3 is 15.4 Å². The van der Waals surface area contributed by atoms with Gasteiger partial charge in [-0.05, 0) is 41.1 Å². The van der Waals surface area contributed by atoms with E-state index >= 15 is 8.96 Å². The van der Waals surface area contributed by atoms with Gasteiger partial charge in [-0.2, -0.15) is 0 Å². The first-order chi connectivity index (χ1) is 17.1. The summed E-state index contributed by atoms with van der Waals surface area (Å²) in [6.07, 6.45) is 0. The number of carboxylic acid groups (broad SMARTS) is 1. The first-order valence-electron chi connectivity index (χ1n) is 10.9. The molecule has 0 aliphatic carbocycles. The minimum atomic E-state index is -3.62. The van der Waals surface area contributed by atoms with Gasteiger partial charge in [-0.15, -0.1) is 0 Å². The molecule has 0 saturated carbocycles. The van der Waals surface area contributed by atoms with Crippen molar-refractivity contribution < 1.29 is 27.6 Å². The third kappa shape index (κ3) is 3.23. The van der Waals surface area contributed by atoms with Crippen LogP contribution in [0.1, 0.15) is 27.0 Å². The Morgan fingerprint density at radius 2 is 1.61 bits per heavy atom. The molecular formula is C28H19F3NO3P. The molecule has 5 rings (SSSR count). The Labute approximate surface area is 204 Å². The highest BCUT2D eigenvalue weighted by molar-refractivity contribution is 7.85. The first kappa shape index (κ1) is 23.6. The lowest BCUT2D eigenvalue weighted by atomic mass is 9.89. The fourth-order valence-electron chi connectivity index (χ4n) is 4.74. The van der Waals surface area contributed by atoms with Crippen molar-refractivity contribution >= 4 is 46.9 Å². The van der Waals surface area contributed by atoms with Crippen molar-refractivity contribution in [2.24, 2.45) is 0 Å². The Hall–Kier alpha value is -4.09. The van der Waals surface area contributed by atoms with Gasteiger partial charge in [0, 0.05) is 38.3 Å². The van der Waals surface area contributed by atoms with Crippen LogP contribution in [0.25, 0.3) is 12.2 Å². The summed E-state index contributed by atoms with van der Waals surface area (Å²) < 4.78 is 60.2. The molecule has 1 atom stereocenters. The highest BCUT2D eigenvalue weighted by Gasteiger charge is 2.40. The van der Waals surface area contributed by atoms with E-state index in [9.17, 15) is 18.7 Å². The van der Waals surface area contributed by atoms with Gasteiger partial charge in [0.15, 0.2) is 18.8 Å². The molecule has 4 aromatic rings. The summed E-state index contributed by atoms with van der Waals surface area (Å²) in [7, 11) is -3.62. The number of halogens is 3. The molecule has 0 amide bonds. The molecule has 0 saturated heterocycles. The van der Waals surface area contributed by atoms with Gasteiger partial charge in [0.25, 0.3) is 0 Å². The number of nitrogen functional groups attached to an aromatic ring is 1. The fraction of sp³-hybridized carbons (Fsp3) is 0.0357. The topological polar surface area (TPSA) is 80.4 Å². The highest BCUT2D eigenvalue weighted by Crippen LogP contribution is 2.47. The second-order valence-corrected chi connectivity index (χ2v) is 11.3. The van der Waals surface area contributed by atoms with Crippen LogP contribution in [0.3, 0.4) is 0 Å². The standard InChI is InChI=1S/C28H19F3NO3P/c1-14-8-10-18-20(12-14)36(35,17-6-4-3-5-7-17)21-13-16(32)9-11-19(21)22(18)23-24(28(33)34)27(31)26(30)15(2)25(23)29/h3-13H,1,32H2,2H3,(H,33,34). The van der Waals surface area contributed by atoms with Crippen molar-refractivity contribution in [3.8, 4) is 0 Å². The van der Waals surface area contributed by atoms with Gasteiger partial charge in [0.05, 0.1) is 0 Å². The molecule has 4 aromatic carbocycles. The lowest BCUT2D eigenvalue weighted by molar-refractivity contribution is 0.0689. The SMILES string of the molecule is C=c1ccc2c(c1)P(=O)(c1ccccc1)c1cc(N)ccc1C=2c1c(F)c(C)c(F)c(F)c1C(=O)O. The molecule has 1 heterocycles. The first-order valence-corrected chi connectivity index (χ1v) is 12.6. The Morgan fingerprint density at radius 3 is 2.28 bits per heavy atom. The van der Waals surface area contributed by atoms with Crippen molar-refractivity contribution in [2.45, 2.75) is 6.92 Å². The Morgan fingerprint density at radius 1 is 0.917 bits per heavy atom. The van der Waals surface area contributed by atoms with Crippen LogP contribution in [0.5, 0.6) is 0 Å². The Bertz CT molecular complexity index is 1770. The molecule has 180 valence electrons. The zero-order valence-corrected chi connectivity index (χ0v) is 19.9. The van der Waals surface area contributed by atoms with Gasteiger partial charge >= 0.3 is 5.97 Å². The number of fused-ring (bicyclic) bond motifs is 2. The predicted molar refractivity (Wildman–Crippen MR) is 135 cm³/mol. The van der Waals surface area contributed by atoms with Gasteiger partial charge in [-0.3, -0.25) is 0 Å². The summed E-state index contributed by atoms with van der Waals surface area (Å²) in [6.45, 7) is 4.96. The molecule has 0 spiro atoms. The number of anilines is 1. The fourth-order valence-corrected chi connectivity index (χ4v) is 7.88. The molecule has 0 radical (unpaired) electrons. The molecule has 1 aliphatic heterocycles. The van der Waals surface area contributed by atoms with Crippen molar-refractivity contribution in [3.63, 3.8) is 0 Å². The average molecular weight is 505 g/mol. The summed E-state index contributed by atoms with van der Waals surface area (Å²) in [5.41, 5.74) is 4.12. The molecular weight excluding hydrogens is 486 g/mol. The number of aromatic carboxylic acids is 1. The van der Waals surface area contributed by atoms with Crippen molar-refractivity contribution in [2.75, 3.05) is 5.73 Å². The molecule has 8 heteroatoms. The number of hydrogen-bond acceptors (Lipinski definition) is 3. The van der Waals surface area contributed by atoms with Crippen LogP contribution in [-0.4, -0.2) is 11.1 Å². The molecule has 3 N–H and O–H groups in total. The smallest absolute Gasteiger partial charge is 0.339 e. The predicted octanol–water partition coefficient (Wildman–Crippen LogP) is 3.30. The Kier molecular flexibility index (Phi) is 5.42. The monoisotopic (exact) mass is 505 g/mol. The summed E-state index contributed by atoms with van der Waals surface area (Å²) in [5.74, 6) is -6.30. The van der Waals surface area contributed by atoms with E-state index in [1.807, 2.05) is 0 Å². The van der Waals surface area contributed by atoms with E-state index in [-0.39, 0.29) is 32.7 Å². The van der Waals surface area contributed by atoms with Crippen LogP contribution in [0.4, 0.5) is 18.9 Å². The van der Waals surface area contributed by atoms with Gasteiger partial charge in [0.2, 0.25) is 0 Å². The molecule has 36 heavy (non-hydrogen) atoms. The van der Waals surface area contributed by atoms with Crippen LogP contribution >= 0.6 is 7.14 Å². The van der Waals surface area contributed by atoms with Crippen molar-refractivity contribution in [1.82, 2.24) is 0 Å². The number of carbonyl (C=O) groups is 1. The van der Waals surface area contributed by atoms with Gasteiger partial charge in [-0.25, -0.2) is 18.0 Å². The van der Waals surface area contributed by atoms with E-state index in [2.05, 4.69) is 6.58 Å². The van der Waals surface area contributed by atoms with Crippen LogP contribution in [0, 0.1) is 24.4 Å². The minimum absolute atomic E-state index is 0.0145. The molecule has 4 nitrogen and oxygen atoms in total. The van der Waals surface area contributed by atoms with E-state index in [4.69, 9.17) is 5.73 Å². The lowest BCUT2D eigenvalue weighted by Gasteiger charge is -2.30. The third-order valence-electron chi connectivity index (χ3n) is 6.42. The zero-order chi connectivity index (χ0) is 25.9. The number of nitrogens with two attached hydrogens (primary N) is 1.